The van der Waals surface area contributed by atoms with E-state index in [1.54, 1.807) is 6.26 Å². The van der Waals surface area contributed by atoms with E-state index in [0.717, 1.165) is 22.6 Å². The fourth-order valence-electron chi connectivity index (χ4n) is 2.05. The van der Waals surface area contributed by atoms with Crippen molar-refractivity contribution < 1.29 is 4.52 Å². The Labute approximate surface area is 109 Å². The van der Waals surface area contributed by atoms with Crippen molar-refractivity contribution in [2.75, 3.05) is 0 Å². The molecule has 0 aliphatic rings. The van der Waals surface area contributed by atoms with Crippen molar-refractivity contribution in [2.24, 2.45) is 0 Å². The average Bonchev–Trinajstić information content (AvgIpc) is 2.98. The van der Waals surface area contributed by atoms with E-state index >= 15 is 0 Å². The van der Waals surface area contributed by atoms with E-state index in [1.165, 1.54) is 0 Å². The molecule has 2 heterocycles. The first-order chi connectivity index (χ1) is 8.75. The molecule has 1 atom stereocenters. The molecule has 0 saturated carbocycles. The minimum Gasteiger partial charge on any atom is -0.364 e. The van der Waals surface area contributed by atoms with Crippen molar-refractivity contribution in [3.63, 3.8) is 0 Å². The van der Waals surface area contributed by atoms with E-state index < -0.39 is 0 Å². The Kier molecular flexibility index (Phi) is 2.80. The monoisotopic (exact) mass is 261 g/mol. The van der Waals surface area contributed by atoms with Gasteiger partial charge in [0.1, 0.15) is 17.8 Å². The van der Waals surface area contributed by atoms with Crippen molar-refractivity contribution in [1.82, 2.24) is 14.7 Å². The van der Waals surface area contributed by atoms with E-state index in [9.17, 15) is 0 Å². The predicted octanol–water partition coefficient (Wildman–Crippen LogP) is 3.37. The van der Waals surface area contributed by atoms with E-state index in [4.69, 9.17) is 16.1 Å². The lowest BCUT2D eigenvalue weighted by Crippen LogP contribution is -2.05. The third kappa shape index (κ3) is 1.88. The van der Waals surface area contributed by atoms with Crippen LogP contribution in [-0.2, 0) is 6.54 Å². The Hall–Kier alpha value is -1.81. The number of benzene rings is 1. The van der Waals surface area contributed by atoms with E-state index in [0.29, 0.717) is 6.54 Å². The van der Waals surface area contributed by atoms with Crippen LogP contribution in [0.15, 0.2) is 41.1 Å². The van der Waals surface area contributed by atoms with E-state index in [-0.39, 0.29) is 5.38 Å². The number of hydrogen-bond acceptors (Lipinski definition) is 3. The number of para-hydroxylation sites is 2. The smallest absolute Gasteiger partial charge is 0.128 e. The van der Waals surface area contributed by atoms with Gasteiger partial charge in [-0.3, -0.25) is 0 Å². The first kappa shape index (κ1) is 11.3. The predicted molar refractivity (Wildman–Crippen MR) is 69.6 cm³/mol. The Bertz CT molecular complexity index is 658. The highest BCUT2D eigenvalue weighted by atomic mass is 35.5. The van der Waals surface area contributed by atoms with Gasteiger partial charge in [-0.25, -0.2) is 4.98 Å². The lowest BCUT2D eigenvalue weighted by molar-refractivity contribution is 0.409. The van der Waals surface area contributed by atoms with Crippen LogP contribution in [0.1, 0.15) is 23.8 Å². The van der Waals surface area contributed by atoms with Gasteiger partial charge in [-0.05, 0) is 19.1 Å². The summed E-state index contributed by atoms with van der Waals surface area (Å²) in [5, 5.41) is 3.78. The SMILES string of the molecule is CC(Cl)c1nc2ccccc2n1Cc1ccon1. The molecule has 1 aromatic carbocycles. The molecule has 1 unspecified atom stereocenters. The molecule has 0 saturated heterocycles. The van der Waals surface area contributed by atoms with E-state index in [2.05, 4.69) is 14.7 Å². The van der Waals surface area contributed by atoms with Crippen LogP contribution < -0.4 is 0 Å². The van der Waals surface area contributed by atoms with Crippen LogP contribution in [0.25, 0.3) is 11.0 Å². The fraction of sp³-hybridized carbons (Fsp3) is 0.231. The number of imidazole rings is 1. The Morgan fingerprint density at radius 3 is 2.89 bits per heavy atom. The zero-order valence-electron chi connectivity index (χ0n) is 9.88. The largest absolute Gasteiger partial charge is 0.364 e. The maximum Gasteiger partial charge on any atom is 0.128 e. The quantitative estimate of drug-likeness (QED) is 0.679. The molecule has 4 nitrogen and oxygen atoms in total. The van der Waals surface area contributed by atoms with Gasteiger partial charge >= 0.3 is 0 Å². The maximum atomic E-state index is 6.19. The number of nitrogens with zero attached hydrogens (tertiary/aromatic N) is 3. The molecule has 0 spiro atoms. The number of fused-ring (bicyclic) bond motifs is 1. The average molecular weight is 262 g/mol. The van der Waals surface area contributed by atoms with Gasteiger partial charge < -0.3 is 9.09 Å². The van der Waals surface area contributed by atoms with Crippen LogP contribution >= 0.6 is 11.6 Å². The Morgan fingerprint density at radius 2 is 2.17 bits per heavy atom. The topological polar surface area (TPSA) is 43.9 Å². The lowest BCUT2D eigenvalue weighted by atomic mass is 10.3. The molecular weight excluding hydrogens is 250 g/mol. The van der Waals surface area contributed by atoms with Gasteiger partial charge in [0.15, 0.2) is 0 Å². The highest BCUT2D eigenvalue weighted by Gasteiger charge is 2.15. The molecule has 5 heteroatoms. The lowest BCUT2D eigenvalue weighted by Gasteiger charge is -2.08. The zero-order chi connectivity index (χ0) is 12.5. The molecule has 92 valence electrons. The second-order valence-electron chi connectivity index (χ2n) is 4.15. The molecule has 0 aliphatic heterocycles. The molecule has 0 aliphatic carbocycles. The molecular formula is C13H12ClN3O. The summed E-state index contributed by atoms with van der Waals surface area (Å²) in [5.41, 5.74) is 2.86. The Balaban J connectivity index is 2.15. The van der Waals surface area contributed by atoms with Crippen LogP contribution in [0.2, 0.25) is 0 Å². The number of rotatable bonds is 3. The van der Waals surface area contributed by atoms with Crippen LogP contribution in [-0.4, -0.2) is 14.7 Å². The highest BCUT2D eigenvalue weighted by Crippen LogP contribution is 2.25. The molecule has 18 heavy (non-hydrogen) atoms. The summed E-state index contributed by atoms with van der Waals surface area (Å²) in [4.78, 5) is 4.57. The van der Waals surface area contributed by atoms with Crippen LogP contribution in [0, 0.1) is 0 Å². The van der Waals surface area contributed by atoms with Crippen molar-refractivity contribution in [3.8, 4) is 0 Å². The molecule has 0 radical (unpaired) electrons. The summed E-state index contributed by atoms with van der Waals surface area (Å²) in [7, 11) is 0. The summed E-state index contributed by atoms with van der Waals surface area (Å²) in [6.45, 7) is 2.53. The Morgan fingerprint density at radius 1 is 1.33 bits per heavy atom. The van der Waals surface area contributed by atoms with Gasteiger partial charge in [-0.2, -0.15) is 0 Å². The number of halogens is 1. The minimum atomic E-state index is -0.149. The highest BCUT2D eigenvalue weighted by molar-refractivity contribution is 6.20. The van der Waals surface area contributed by atoms with Gasteiger partial charge in [0, 0.05) is 6.07 Å². The van der Waals surface area contributed by atoms with Crippen molar-refractivity contribution in [2.45, 2.75) is 18.8 Å². The summed E-state index contributed by atoms with van der Waals surface area (Å²) < 4.78 is 6.93. The second kappa shape index (κ2) is 4.46. The van der Waals surface area contributed by atoms with Crippen LogP contribution in [0.3, 0.4) is 0 Å². The maximum absolute atomic E-state index is 6.19. The molecule has 0 fully saturated rings. The van der Waals surface area contributed by atoms with Crippen LogP contribution in [0.5, 0.6) is 0 Å². The molecule has 2 aromatic heterocycles. The van der Waals surface area contributed by atoms with E-state index in [1.807, 2.05) is 37.3 Å². The minimum absolute atomic E-state index is 0.149. The zero-order valence-corrected chi connectivity index (χ0v) is 10.6. The van der Waals surface area contributed by atoms with Gasteiger partial charge in [-0.15, -0.1) is 11.6 Å². The second-order valence-corrected chi connectivity index (χ2v) is 4.81. The number of hydrogen-bond donors (Lipinski definition) is 0. The van der Waals surface area contributed by atoms with Crippen molar-refractivity contribution in [3.05, 3.63) is 48.1 Å². The van der Waals surface area contributed by atoms with Gasteiger partial charge in [0.2, 0.25) is 0 Å². The number of alkyl halides is 1. The normalized spacial score (nSPS) is 13.0. The van der Waals surface area contributed by atoms with Crippen molar-refractivity contribution >= 4 is 22.6 Å². The summed E-state index contributed by atoms with van der Waals surface area (Å²) >= 11 is 6.19. The van der Waals surface area contributed by atoms with Crippen molar-refractivity contribution in [1.29, 1.82) is 0 Å². The molecule has 0 amide bonds. The molecule has 3 aromatic rings. The summed E-state index contributed by atoms with van der Waals surface area (Å²) in [6, 6.07) is 9.82. The summed E-state index contributed by atoms with van der Waals surface area (Å²) in [5.74, 6) is 0.848. The molecule has 0 N–H and O–H groups in total. The van der Waals surface area contributed by atoms with Gasteiger partial charge in [0.25, 0.3) is 0 Å². The first-order valence-corrected chi connectivity index (χ1v) is 6.18. The molecule has 3 rings (SSSR count). The van der Waals surface area contributed by atoms with Gasteiger partial charge in [-0.1, -0.05) is 17.3 Å². The number of aromatic nitrogens is 3. The summed E-state index contributed by atoms with van der Waals surface area (Å²) in [6.07, 6.45) is 1.57. The standard InChI is InChI=1S/C13H12ClN3O/c1-9(14)13-15-11-4-2-3-5-12(11)17(13)8-10-6-7-18-16-10/h2-7,9H,8H2,1H3. The fourth-order valence-corrected chi connectivity index (χ4v) is 2.21. The molecule has 0 bridgehead atoms. The third-order valence-corrected chi connectivity index (χ3v) is 3.05. The van der Waals surface area contributed by atoms with Gasteiger partial charge in [0.05, 0.1) is 23.0 Å². The third-order valence-electron chi connectivity index (χ3n) is 2.85. The van der Waals surface area contributed by atoms with Crippen LogP contribution in [0.4, 0.5) is 0 Å². The first-order valence-electron chi connectivity index (χ1n) is 5.74.